The van der Waals surface area contributed by atoms with E-state index in [1.165, 1.54) is 0 Å². The molecule has 0 saturated heterocycles. The predicted molar refractivity (Wildman–Crippen MR) is 69.7 cm³/mol. The Bertz CT molecular complexity index is 335. The molecule has 0 radical (unpaired) electrons. The molecule has 0 aromatic heterocycles. The van der Waals surface area contributed by atoms with Crippen LogP contribution in [0.25, 0.3) is 0 Å². The number of benzene rings is 1. The van der Waals surface area contributed by atoms with Gasteiger partial charge in [-0.3, -0.25) is 4.79 Å². The quantitative estimate of drug-likeness (QED) is 0.512. The summed E-state index contributed by atoms with van der Waals surface area (Å²) in [5.41, 5.74) is 0.621. The fraction of sp³-hybridized carbons (Fsp3) is 0.500. The first-order valence-electron chi connectivity index (χ1n) is 6.21. The number of nitrogens with zero attached hydrogens (tertiary/aromatic N) is 1. The van der Waals surface area contributed by atoms with Crippen LogP contribution >= 0.6 is 0 Å². The zero-order valence-electron chi connectivity index (χ0n) is 10.7. The Morgan fingerprint density at radius 3 is 2.59 bits per heavy atom. The zero-order chi connectivity index (χ0) is 12.5. The van der Waals surface area contributed by atoms with Gasteiger partial charge >= 0.3 is 0 Å². The number of ether oxygens (including phenoxy) is 1. The Hall–Kier alpha value is -1.35. The van der Waals surface area contributed by atoms with Gasteiger partial charge in [0.2, 0.25) is 0 Å². The van der Waals surface area contributed by atoms with Crippen molar-refractivity contribution in [1.82, 2.24) is 4.90 Å². The monoisotopic (exact) mass is 235 g/mol. The first kappa shape index (κ1) is 13.7. The molecule has 3 heteroatoms. The first-order valence-corrected chi connectivity index (χ1v) is 6.21. The van der Waals surface area contributed by atoms with Crippen LogP contribution in [0.5, 0.6) is 5.75 Å². The summed E-state index contributed by atoms with van der Waals surface area (Å²) in [4.78, 5) is 13.1. The molecular formula is C14H21NO2. The fourth-order valence-electron chi connectivity index (χ4n) is 1.72. The van der Waals surface area contributed by atoms with Gasteiger partial charge in [0, 0.05) is 6.54 Å². The normalized spacial score (nSPS) is 10.5. The lowest BCUT2D eigenvalue weighted by molar-refractivity contribution is 0.111. The van der Waals surface area contributed by atoms with E-state index >= 15 is 0 Å². The molecule has 0 bridgehead atoms. The molecule has 0 amide bonds. The van der Waals surface area contributed by atoms with Gasteiger partial charge in [-0.15, -0.1) is 0 Å². The smallest absolute Gasteiger partial charge is 0.153 e. The molecule has 1 aromatic rings. The fourth-order valence-corrected chi connectivity index (χ4v) is 1.72. The maximum atomic E-state index is 10.8. The van der Waals surface area contributed by atoms with Crippen molar-refractivity contribution in [3.05, 3.63) is 29.8 Å². The Balaban J connectivity index is 2.33. The second-order valence-corrected chi connectivity index (χ2v) is 3.88. The SMILES string of the molecule is CCN(CC)CCCOc1ccccc1C=O. The summed E-state index contributed by atoms with van der Waals surface area (Å²) in [5.74, 6) is 0.682. The highest BCUT2D eigenvalue weighted by Crippen LogP contribution is 2.15. The van der Waals surface area contributed by atoms with Gasteiger partial charge in [0.1, 0.15) is 5.75 Å². The second-order valence-electron chi connectivity index (χ2n) is 3.88. The van der Waals surface area contributed by atoms with Crippen LogP contribution in [0.15, 0.2) is 24.3 Å². The van der Waals surface area contributed by atoms with Crippen molar-refractivity contribution in [2.24, 2.45) is 0 Å². The summed E-state index contributed by atoms with van der Waals surface area (Å²) in [7, 11) is 0. The lowest BCUT2D eigenvalue weighted by Crippen LogP contribution is -2.25. The summed E-state index contributed by atoms with van der Waals surface area (Å²) in [6.07, 6.45) is 1.81. The Morgan fingerprint density at radius 2 is 1.94 bits per heavy atom. The number of carbonyl (C=O) groups excluding carboxylic acids is 1. The molecule has 0 aliphatic carbocycles. The molecule has 0 N–H and O–H groups in total. The Kier molecular flexibility index (Phi) is 6.33. The van der Waals surface area contributed by atoms with E-state index in [0.717, 1.165) is 32.3 Å². The highest BCUT2D eigenvalue weighted by molar-refractivity contribution is 5.79. The second kappa shape index (κ2) is 7.85. The van der Waals surface area contributed by atoms with E-state index in [1.54, 1.807) is 6.07 Å². The molecule has 94 valence electrons. The summed E-state index contributed by atoms with van der Waals surface area (Å²) in [6, 6.07) is 7.33. The standard InChI is InChI=1S/C14H21NO2/c1-3-15(4-2)10-7-11-17-14-9-6-5-8-13(14)12-16/h5-6,8-9,12H,3-4,7,10-11H2,1-2H3. The topological polar surface area (TPSA) is 29.5 Å². The molecule has 0 saturated carbocycles. The molecule has 0 fully saturated rings. The van der Waals surface area contributed by atoms with Crippen LogP contribution in [0.3, 0.4) is 0 Å². The minimum atomic E-state index is 0.621. The minimum absolute atomic E-state index is 0.621. The molecule has 17 heavy (non-hydrogen) atoms. The van der Waals surface area contributed by atoms with Gasteiger partial charge in [0.15, 0.2) is 6.29 Å². The molecular weight excluding hydrogens is 214 g/mol. The van der Waals surface area contributed by atoms with E-state index in [4.69, 9.17) is 4.74 Å². The van der Waals surface area contributed by atoms with Gasteiger partial charge < -0.3 is 9.64 Å². The molecule has 3 nitrogen and oxygen atoms in total. The van der Waals surface area contributed by atoms with Crippen molar-refractivity contribution in [1.29, 1.82) is 0 Å². The van der Waals surface area contributed by atoms with Crippen molar-refractivity contribution in [3.63, 3.8) is 0 Å². The van der Waals surface area contributed by atoms with Crippen LogP contribution in [0.1, 0.15) is 30.6 Å². The van der Waals surface area contributed by atoms with Gasteiger partial charge in [-0.1, -0.05) is 26.0 Å². The van der Waals surface area contributed by atoms with E-state index in [0.29, 0.717) is 17.9 Å². The third-order valence-corrected chi connectivity index (χ3v) is 2.82. The molecule has 0 atom stereocenters. The van der Waals surface area contributed by atoms with E-state index in [-0.39, 0.29) is 0 Å². The summed E-state index contributed by atoms with van der Waals surface area (Å²) in [5, 5.41) is 0. The lowest BCUT2D eigenvalue weighted by atomic mass is 10.2. The highest BCUT2D eigenvalue weighted by Gasteiger charge is 2.02. The first-order chi connectivity index (χ1) is 8.31. The lowest BCUT2D eigenvalue weighted by Gasteiger charge is -2.17. The van der Waals surface area contributed by atoms with Gasteiger partial charge in [-0.2, -0.15) is 0 Å². The third-order valence-electron chi connectivity index (χ3n) is 2.82. The number of hydrogen-bond acceptors (Lipinski definition) is 3. The Morgan fingerprint density at radius 1 is 1.24 bits per heavy atom. The van der Waals surface area contributed by atoms with Crippen LogP contribution in [0.2, 0.25) is 0 Å². The van der Waals surface area contributed by atoms with Gasteiger partial charge in [0.05, 0.1) is 12.2 Å². The van der Waals surface area contributed by atoms with Crippen molar-refractivity contribution < 1.29 is 9.53 Å². The maximum Gasteiger partial charge on any atom is 0.153 e. The van der Waals surface area contributed by atoms with E-state index < -0.39 is 0 Å². The average molecular weight is 235 g/mol. The van der Waals surface area contributed by atoms with Crippen LogP contribution in [0, 0.1) is 0 Å². The van der Waals surface area contributed by atoms with Crippen LogP contribution in [-0.4, -0.2) is 37.4 Å². The number of carbonyl (C=O) groups is 1. The number of para-hydroxylation sites is 1. The maximum absolute atomic E-state index is 10.8. The molecule has 0 spiro atoms. The number of aldehydes is 1. The van der Waals surface area contributed by atoms with Crippen molar-refractivity contribution in [3.8, 4) is 5.75 Å². The zero-order valence-corrected chi connectivity index (χ0v) is 10.7. The van der Waals surface area contributed by atoms with Crippen LogP contribution in [0.4, 0.5) is 0 Å². The largest absolute Gasteiger partial charge is 0.493 e. The number of rotatable bonds is 8. The van der Waals surface area contributed by atoms with Gasteiger partial charge in [-0.25, -0.2) is 0 Å². The minimum Gasteiger partial charge on any atom is -0.493 e. The van der Waals surface area contributed by atoms with Gasteiger partial charge in [-0.05, 0) is 31.6 Å². The Labute approximate surface area is 103 Å². The molecule has 0 aliphatic rings. The molecule has 0 unspecified atom stereocenters. The summed E-state index contributed by atoms with van der Waals surface area (Å²) in [6.45, 7) is 8.15. The van der Waals surface area contributed by atoms with E-state index in [9.17, 15) is 4.79 Å². The van der Waals surface area contributed by atoms with Crippen LogP contribution < -0.4 is 4.74 Å². The molecule has 1 rings (SSSR count). The summed E-state index contributed by atoms with van der Waals surface area (Å²) >= 11 is 0. The van der Waals surface area contributed by atoms with Crippen molar-refractivity contribution in [2.45, 2.75) is 20.3 Å². The molecule has 0 heterocycles. The molecule has 1 aromatic carbocycles. The number of hydrogen-bond donors (Lipinski definition) is 0. The van der Waals surface area contributed by atoms with Crippen LogP contribution in [-0.2, 0) is 0 Å². The van der Waals surface area contributed by atoms with E-state index in [1.807, 2.05) is 18.2 Å². The molecule has 0 aliphatic heterocycles. The van der Waals surface area contributed by atoms with Crippen molar-refractivity contribution in [2.75, 3.05) is 26.2 Å². The average Bonchev–Trinajstić information content (AvgIpc) is 2.39. The van der Waals surface area contributed by atoms with Gasteiger partial charge in [0.25, 0.3) is 0 Å². The highest BCUT2D eigenvalue weighted by atomic mass is 16.5. The summed E-state index contributed by atoms with van der Waals surface area (Å²) < 4.78 is 5.61. The van der Waals surface area contributed by atoms with E-state index in [2.05, 4.69) is 18.7 Å². The van der Waals surface area contributed by atoms with Crippen molar-refractivity contribution >= 4 is 6.29 Å². The third kappa shape index (κ3) is 4.57. The predicted octanol–water partition coefficient (Wildman–Crippen LogP) is 2.61.